The predicted molar refractivity (Wildman–Crippen MR) is 105 cm³/mol. The SMILES string of the molecule is CCOc1ccc(NC(=O)/C(C#N)=C\c2ccc(C(C)(C)C)cc2)cc1. The van der Waals surface area contributed by atoms with Gasteiger partial charge in [0.05, 0.1) is 6.61 Å². The molecule has 0 spiro atoms. The molecule has 0 atom stereocenters. The molecule has 0 aromatic heterocycles. The van der Waals surface area contributed by atoms with Crippen molar-refractivity contribution in [2.24, 2.45) is 0 Å². The molecule has 4 nitrogen and oxygen atoms in total. The van der Waals surface area contributed by atoms with Crippen molar-refractivity contribution in [2.75, 3.05) is 11.9 Å². The number of anilines is 1. The van der Waals surface area contributed by atoms with E-state index < -0.39 is 5.91 Å². The first-order valence-electron chi connectivity index (χ1n) is 8.60. The third-order valence-corrected chi connectivity index (χ3v) is 3.88. The van der Waals surface area contributed by atoms with Gasteiger partial charge in [-0.3, -0.25) is 4.79 Å². The number of nitriles is 1. The summed E-state index contributed by atoms with van der Waals surface area (Å²) in [4.78, 5) is 12.4. The molecule has 1 N–H and O–H groups in total. The zero-order chi connectivity index (χ0) is 19.2. The molecule has 0 aliphatic rings. The average Bonchev–Trinajstić information content (AvgIpc) is 2.61. The Morgan fingerprint density at radius 1 is 1.12 bits per heavy atom. The maximum atomic E-state index is 12.4. The lowest BCUT2D eigenvalue weighted by Crippen LogP contribution is -2.13. The van der Waals surface area contributed by atoms with E-state index in [0.717, 1.165) is 11.3 Å². The van der Waals surface area contributed by atoms with Gasteiger partial charge in [-0.05, 0) is 53.8 Å². The molecule has 0 fully saturated rings. The molecule has 0 saturated heterocycles. The van der Waals surface area contributed by atoms with Crippen LogP contribution in [0.1, 0.15) is 38.8 Å². The van der Waals surface area contributed by atoms with Gasteiger partial charge in [0.25, 0.3) is 5.91 Å². The molecule has 4 heteroatoms. The molecular formula is C22H24N2O2. The zero-order valence-corrected chi connectivity index (χ0v) is 15.7. The second-order valence-corrected chi connectivity index (χ2v) is 6.95. The number of nitrogens with one attached hydrogen (secondary N) is 1. The Hall–Kier alpha value is -3.06. The van der Waals surface area contributed by atoms with Gasteiger partial charge in [-0.1, -0.05) is 45.0 Å². The van der Waals surface area contributed by atoms with Crippen molar-refractivity contribution in [1.29, 1.82) is 5.26 Å². The third-order valence-electron chi connectivity index (χ3n) is 3.88. The molecule has 2 aromatic rings. The number of rotatable bonds is 5. The van der Waals surface area contributed by atoms with Gasteiger partial charge < -0.3 is 10.1 Å². The van der Waals surface area contributed by atoms with Crippen molar-refractivity contribution in [3.05, 3.63) is 65.2 Å². The highest BCUT2D eigenvalue weighted by Crippen LogP contribution is 2.23. The van der Waals surface area contributed by atoms with Crippen molar-refractivity contribution < 1.29 is 9.53 Å². The number of carbonyl (C=O) groups excluding carboxylic acids is 1. The van der Waals surface area contributed by atoms with Gasteiger partial charge in [0, 0.05) is 5.69 Å². The van der Waals surface area contributed by atoms with Crippen LogP contribution in [0.25, 0.3) is 6.08 Å². The summed E-state index contributed by atoms with van der Waals surface area (Å²) in [5.74, 6) is 0.303. The van der Waals surface area contributed by atoms with Gasteiger partial charge in [-0.25, -0.2) is 0 Å². The van der Waals surface area contributed by atoms with E-state index in [4.69, 9.17) is 4.74 Å². The maximum Gasteiger partial charge on any atom is 0.266 e. The van der Waals surface area contributed by atoms with Gasteiger partial charge in [-0.15, -0.1) is 0 Å². The molecule has 0 unspecified atom stereocenters. The highest BCUT2D eigenvalue weighted by Gasteiger charge is 2.13. The van der Waals surface area contributed by atoms with Crippen LogP contribution in [-0.4, -0.2) is 12.5 Å². The van der Waals surface area contributed by atoms with E-state index in [9.17, 15) is 10.1 Å². The van der Waals surface area contributed by atoms with Crippen LogP contribution in [-0.2, 0) is 10.2 Å². The van der Waals surface area contributed by atoms with E-state index in [1.54, 1.807) is 30.3 Å². The van der Waals surface area contributed by atoms with Crippen molar-refractivity contribution in [2.45, 2.75) is 33.1 Å². The Morgan fingerprint density at radius 2 is 1.73 bits per heavy atom. The summed E-state index contributed by atoms with van der Waals surface area (Å²) in [5.41, 5.74) is 2.75. The number of nitrogens with zero attached hydrogens (tertiary/aromatic N) is 1. The minimum Gasteiger partial charge on any atom is -0.494 e. The minimum atomic E-state index is -0.434. The monoisotopic (exact) mass is 348 g/mol. The van der Waals surface area contributed by atoms with E-state index in [1.165, 1.54) is 5.56 Å². The number of amides is 1. The predicted octanol–water partition coefficient (Wildman–Crippen LogP) is 4.93. The lowest BCUT2D eigenvalue weighted by molar-refractivity contribution is -0.112. The molecule has 134 valence electrons. The lowest BCUT2D eigenvalue weighted by atomic mass is 9.86. The quantitative estimate of drug-likeness (QED) is 0.615. The Balaban J connectivity index is 2.12. The van der Waals surface area contributed by atoms with Crippen LogP contribution in [0.4, 0.5) is 5.69 Å². The molecule has 2 aromatic carbocycles. The smallest absolute Gasteiger partial charge is 0.266 e. The minimum absolute atomic E-state index is 0.0578. The van der Waals surface area contributed by atoms with Crippen molar-refractivity contribution >= 4 is 17.7 Å². The van der Waals surface area contributed by atoms with E-state index in [0.29, 0.717) is 12.3 Å². The fraction of sp³-hybridized carbons (Fsp3) is 0.273. The van der Waals surface area contributed by atoms with Crippen LogP contribution in [0.15, 0.2) is 54.1 Å². The summed E-state index contributed by atoms with van der Waals surface area (Å²) in [7, 11) is 0. The molecule has 1 amide bonds. The number of ether oxygens (including phenoxy) is 1. The molecule has 0 saturated carbocycles. The first kappa shape index (κ1) is 19.3. The summed E-state index contributed by atoms with van der Waals surface area (Å²) in [5, 5.41) is 12.1. The van der Waals surface area contributed by atoms with E-state index in [-0.39, 0.29) is 11.0 Å². The molecule has 0 radical (unpaired) electrons. The van der Waals surface area contributed by atoms with Gasteiger partial charge in [-0.2, -0.15) is 5.26 Å². The normalized spacial score (nSPS) is 11.6. The van der Waals surface area contributed by atoms with Crippen LogP contribution >= 0.6 is 0 Å². The second kappa shape index (κ2) is 8.35. The summed E-state index contributed by atoms with van der Waals surface area (Å²) in [6.45, 7) is 8.92. The Kier molecular flexibility index (Phi) is 6.19. The summed E-state index contributed by atoms with van der Waals surface area (Å²) in [6, 6.07) is 16.9. The van der Waals surface area contributed by atoms with Crippen molar-refractivity contribution in [3.63, 3.8) is 0 Å². The molecule has 0 heterocycles. The van der Waals surface area contributed by atoms with Crippen LogP contribution < -0.4 is 10.1 Å². The second-order valence-electron chi connectivity index (χ2n) is 6.95. The Morgan fingerprint density at radius 3 is 2.23 bits per heavy atom. The lowest BCUT2D eigenvalue weighted by Gasteiger charge is -2.18. The molecular weight excluding hydrogens is 324 g/mol. The molecule has 0 bridgehead atoms. The molecule has 0 aliphatic heterocycles. The number of hydrogen-bond donors (Lipinski definition) is 1. The molecule has 0 aliphatic carbocycles. The van der Waals surface area contributed by atoms with E-state index in [1.807, 2.05) is 37.3 Å². The largest absolute Gasteiger partial charge is 0.494 e. The van der Waals surface area contributed by atoms with Crippen LogP contribution in [0, 0.1) is 11.3 Å². The van der Waals surface area contributed by atoms with E-state index >= 15 is 0 Å². The van der Waals surface area contributed by atoms with Crippen LogP contribution in [0.5, 0.6) is 5.75 Å². The van der Waals surface area contributed by atoms with Crippen molar-refractivity contribution in [1.82, 2.24) is 0 Å². The average molecular weight is 348 g/mol. The summed E-state index contributed by atoms with van der Waals surface area (Å²) < 4.78 is 5.37. The van der Waals surface area contributed by atoms with Crippen LogP contribution in [0.2, 0.25) is 0 Å². The molecule has 26 heavy (non-hydrogen) atoms. The first-order valence-corrected chi connectivity index (χ1v) is 8.60. The van der Waals surface area contributed by atoms with Gasteiger partial charge in [0.1, 0.15) is 17.4 Å². The van der Waals surface area contributed by atoms with Crippen molar-refractivity contribution in [3.8, 4) is 11.8 Å². The highest BCUT2D eigenvalue weighted by atomic mass is 16.5. The number of hydrogen-bond acceptors (Lipinski definition) is 3. The van der Waals surface area contributed by atoms with Gasteiger partial charge in [0.2, 0.25) is 0 Å². The summed E-state index contributed by atoms with van der Waals surface area (Å²) >= 11 is 0. The zero-order valence-electron chi connectivity index (χ0n) is 15.7. The highest BCUT2D eigenvalue weighted by molar-refractivity contribution is 6.09. The summed E-state index contributed by atoms with van der Waals surface area (Å²) in [6.07, 6.45) is 1.59. The maximum absolute atomic E-state index is 12.4. The third kappa shape index (κ3) is 5.22. The number of carbonyl (C=O) groups is 1. The Bertz CT molecular complexity index is 820. The van der Waals surface area contributed by atoms with Crippen LogP contribution in [0.3, 0.4) is 0 Å². The molecule has 2 rings (SSSR count). The first-order chi connectivity index (χ1) is 12.3. The number of benzene rings is 2. The topological polar surface area (TPSA) is 62.1 Å². The fourth-order valence-electron chi connectivity index (χ4n) is 2.39. The Labute approximate surface area is 155 Å². The standard InChI is InChI=1S/C22H24N2O2/c1-5-26-20-12-10-19(11-13-20)24-21(25)17(15-23)14-16-6-8-18(9-7-16)22(2,3)4/h6-14H,5H2,1-4H3,(H,24,25)/b17-14-. The van der Waals surface area contributed by atoms with Gasteiger partial charge in [0.15, 0.2) is 0 Å². The van der Waals surface area contributed by atoms with Gasteiger partial charge >= 0.3 is 0 Å². The fourth-order valence-corrected chi connectivity index (χ4v) is 2.39. The van der Waals surface area contributed by atoms with E-state index in [2.05, 4.69) is 26.1 Å².